The first-order chi connectivity index (χ1) is 8.84. The maximum Gasteiger partial charge on any atom is 0.0731 e. The van der Waals surface area contributed by atoms with E-state index in [1.807, 2.05) is 0 Å². The number of hydrogen-bond donors (Lipinski definition) is 1. The lowest BCUT2D eigenvalue weighted by Crippen LogP contribution is -2.52. The highest BCUT2D eigenvalue weighted by Crippen LogP contribution is 2.31. The third kappa shape index (κ3) is 3.06. The Morgan fingerprint density at radius 2 is 2.17 bits per heavy atom. The zero-order valence-corrected chi connectivity index (χ0v) is 11.7. The van der Waals surface area contributed by atoms with Crippen molar-refractivity contribution in [3.8, 4) is 0 Å². The summed E-state index contributed by atoms with van der Waals surface area (Å²) in [6.07, 6.45) is 10.0. The van der Waals surface area contributed by atoms with Crippen LogP contribution < -0.4 is 5.32 Å². The van der Waals surface area contributed by atoms with E-state index in [0.29, 0.717) is 6.10 Å². The van der Waals surface area contributed by atoms with Crippen LogP contribution in [0.5, 0.6) is 0 Å². The van der Waals surface area contributed by atoms with Gasteiger partial charge in [-0.15, -0.1) is 0 Å². The van der Waals surface area contributed by atoms with Crippen LogP contribution in [0.15, 0.2) is 0 Å². The Hall–Kier alpha value is -0.120. The van der Waals surface area contributed by atoms with Gasteiger partial charge in [-0.2, -0.15) is 0 Å². The van der Waals surface area contributed by atoms with Gasteiger partial charge in [0.1, 0.15) is 0 Å². The van der Waals surface area contributed by atoms with Crippen molar-refractivity contribution in [3.63, 3.8) is 0 Å². The zero-order chi connectivity index (χ0) is 12.4. The minimum absolute atomic E-state index is 0.547. The summed E-state index contributed by atoms with van der Waals surface area (Å²) in [6.45, 7) is 5.73. The standard InChI is InChI=1S/C15H28N2O/c1-12(4-3-9-16-13-7-8-13)17-10-11-18-15-6-2-5-14(15)17/h12-16H,2-11H2,1H3. The van der Waals surface area contributed by atoms with Crippen molar-refractivity contribution >= 4 is 0 Å². The van der Waals surface area contributed by atoms with E-state index in [1.54, 1.807) is 0 Å². The van der Waals surface area contributed by atoms with Crippen molar-refractivity contribution in [1.29, 1.82) is 0 Å². The molecule has 3 heteroatoms. The average molecular weight is 252 g/mol. The second-order valence-corrected chi connectivity index (χ2v) is 6.36. The summed E-state index contributed by atoms with van der Waals surface area (Å²) in [4.78, 5) is 2.73. The van der Waals surface area contributed by atoms with Crippen LogP contribution in [0.3, 0.4) is 0 Å². The quantitative estimate of drug-likeness (QED) is 0.733. The minimum atomic E-state index is 0.547. The van der Waals surface area contributed by atoms with Gasteiger partial charge >= 0.3 is 0 Å². The summed E-state index contributed by atoms with van der Waals surface area (Å²) in [5.74, 6) is 0. The maximum atomic E-state index is 5.89. The topological polar surface area (TPSA) is 24.5 Å². The summed E-state index contributed by atoms with van der Waals surface area (Å²) in [7, 11) is 0. The van der Waals surface area contributed by atoms with E-state index < -0.39 is 0 Å². The SMILES string of the molecule is CC(CCCNC1CC1)N1CCOC2CCCC21. The van der Waals surface area contributed by atoms with Gasteiger partial charge in [0.15, 0.2) is 0 Å². The van der Waals surface area contributed by atoms with Gasteiger partial charge in [-0.1, -0.05) is 0 Å². The number of nitrogens with one attached hydrogen (secondary N) is 1. The molecule has 1 N–H and O–H groups in total. The molecule has 0 amide bonds. The summed E-state index contributed by atoms with van der Waals surface area (Å²) in [5.41, 5.74) is 0. The number of fused-ring (bicyclic) bond motifs is 1. The number of hydrogen-bond acceptors (Lipinski definition) is 3. The van der Waals surface area contributed by atoms with Crippen LogP contribution in [0.25, 0.3) is 0 Å². The van der Waals surface area contributed by atoms with Gasteiger partial charge in [0.2, 0.25) is 0 Å². The first-order valence-electron chi connectivity index (χ1n) is 7.95. The Bertz CT molecular complexity index is 267. The number of ether oxygens (including phenoxy) is 1. The molecule has 18 heavy (non-hydrogen) atoms. The molecule has 3 aliphatic rings. The fourth-order valence-electron chi connectivity index (χ4n) is 3.66. The predicted molar refractivity (Wildman–Crippen MR) is 73.8 cm³/mol. The minimum Gasteiger partial charge on any atom is -0.375 e. The van der Waals surface area contributed by atoms with E-state index in [1.165, 1.54) is 51.5 Å². The van der Waals surface area contributed by atoms with Crippen LogP contribution in [0.4, 0.5) is 0 Å². The van der Waals surface area contributed by atoms with Crippen molar-refractivity contribution in [1.82, 2.24) is 10.2 Å². The van der Waals surface area contributed by atoms with Crippen LogP contribution in [-0.2, 0) is 4.74 Å². The Kier molecular flexibility index (Phi) is 4.22. The lowest BCUT2D eigenvalue weighted by molar-refractivity contribution is -0.0702. The van der Waals surface area contributed by atoms with E-state index >= 15 is 0 Å². The molecule has 1 heterocycles. The molecule has 2 saturated carbocycles. The molecule has 0 bridgehead atoms. The molecule has 3 unspecified atom stereocenters. The summed E-state index contributed by atoms with van der Waals surface area (Å²) >= 11 is 0. The zero-order valence-electron chi connectivity index (χ0n) is 11.7. The van der Waals surface area contributed by atoms with Gasteiger partial charge < -0.3 is 10.1 Å². The van der Waals surface area contributed by atoms with Gasteiger partial charge in [0, 0.05) is 24.7 Å². The molecule has 0 aromatic heterocycles. The molecule has 0 aromatic rings. The second-order valence-electron chi connectivity index (χ2n) is 6.36. The Morgan fingerprint density at radius 1 is 1.28 bits per heavy atom. The average Bonchev–Trinajstić information content (AvgIpc) is 3.08. The molecule has 3 atom stereocenters. The normalized spacial score (nSPS) is 34.5. The van der Waals surface area contributed by atoms with E-state index in [-0.39, 0.29) is 0 Å². The lowest BCUT2D eigenvalue weighted by atomic mass is 10.0. The van der Waals surface area contributed by atoms with Crippen molar-refractivity contribution in [2.45, 2.75) is 76.1 Å². The molecule has 2 aliphatic carbocycles. The molecular weight excluding hydrogens is 224 g/mol. The first kappa shape index (κ1) is 12.9. The molecule has 0 aromatic carbocycles. The Morgan fingerprint density at radius 3 is 3.00 bits per heavy atom. The second kappa shape index (κ2) is 5.89. The van der Waals surface area contributed by atoms with Crippen molar-refractivity contribution in [2.24, 2.45) is 0 Å². The van der Waals surface area contributed by atoms with Crippen LogP contribution in [0.2, 0.25) is 0 Å². The van der Waals surface area contributed by atoms with Crippen molar-refractivity contribution in [2.75, 3.05) is 19.7 Å². The molecule has 104 valence electrons. The molecule has 1 saturated heterocycles. The molecule has 3 nitrogen and oxygen atoms in total. The van der Waals surface area contributed by atoms with Gasteiger partial charge in [-0.05, 0) is 58.4 Å². The maximum absolute atomic E-state index is 5.89. The van der Waals surface area contributed by atoms with Crippen molar-refractivity contribution in [3.05, 3.63) is 0 Å². The van der Waals surface area contributed by atoms with E-state index in [4.69, 9.17) is 4.74 Å². The highest BCUT2D eigenvalue weighted by molar-refractivity contribution is 4.91. The largest absolute Gasteiger partial charge is 0.375 e. The number of nitrogens with zero attached hydrogens (tertiary/aromatic N) is 1. The van der Waals surface area contributed by atoms with Gasteiger partial charge in [-0.3, -0.25) is 4.90 Å². The third-order valence-electron chi connectivity index (χ3n) is 4.90. The molecule has 3 fully saturated rings. The summed E-state index contributed by atoms with van der Waals surface area (Å²) in [5, 5.41) is 3.62. The molecule has 0 spiro atoms. The molecule has 1 aliphatic heterocycles. The van der Waals surface area contributed by atoms with Crippen LogP contribution in [0, 0.1) is 0 Å². The molecule has 3 rings (SSSR count). The summed E-state index contributed by atoms with van der Waals surface area (Å²) < 4.78 is 5.89. The van der Waals surface area contributed by atoms with E-state index in [2.05, 4.69) is 17.1 Å². The molecular formula is C15H28N2O. The Labute approximate surface area is 111 Å². The monoisotopic (exact) mass is 252 g/mol. The van der Waals surface area contributed by atoms with Crippen LogP contribution in [0.1, 0.15) is 51.9 Å². The number of morpholine rings is 1. The van der Waals surface area contributed by atoms with E-state index in [0.717, 1.165) is 31.3 Å². The fraction of sp³-hybridized carbons (Fsp3) is 1.00. The van der Waals surface area contributed by atoms with Gasteiger partial charge in [0.05, 0.1) is 12.7 Å². The highest BCUT2D eigenvalue weighted by atomic mass is 16.5. The Balaban J connectivity index is 1.40. The smallest absolute Gasteiger partial charge is 0.0731 e. The van der Waals surface area contributed by atoms with E-state index in [9.17, 15) is 0 Å². The summed E-state index contributed by atoms with van der Waals surface area (Å²) in [6, 6.07) is 2.33. The van der Waals surface area contributed by atoms with Gasteiger partial charge in [0.25, 0.3) is 0 Å². The third-order valence-corrected chi connectivity index (χ3v) is 4.90. The lowest BCUT2D eigenvalue weighted by Gasteiger charge is -2.41. The van der Waals surface area contributed by atoms with Crippen LogP contribution in [-0.4, -0.2) is 48.8 Å². The van der Waals surface area contributed by atoms with Gasteiger partial charge in [-0.25, -0.2) is 0 Å². The number of rotatable bonds is 6. The highest BCUT2D eigenvalue weighted by Gasteiger charge is 2.37. The predicted octanol–water partition coefficient (Wildman–Crippen LogP) is 2.16. The molecule has 0 radical (unpaired) electrons. The first-order valence-corrected chi connectivity index (χ1v) is 7.95. The fourth-order valence-corrected chi connectivity index (χ4v) is 3.66. The van der Waals surface area contributed by atoms with Crippen LogP contribution >= 0.6 is 0 Å². The van der Waals surface area contributed by atoms with Crippen molar-refractivity contribution < 1.29 is 4.74 Å².